The molecule has 0 saturated heterocycles. The first kappa shape index (κ1) is 19.5. The van der Waals surface area contributed by atoms with Gasteiger partial charge >= 0.3 is 0 Å². The smallest absolute Gasteiger partial charge is 0.241 e. The molecule has 0 radical (unpaired) electrons. The maximum atomic E-state index is 13.1. The van der Waals surface area contributed by atoms with Crippen LogP contribution in [-0.2, 0) is 15.4 Å². The molecule has 0 unspecified atom stereocenters. The number of fused-ring (bicyclic) bond motifs is 6. The van der Waals surface area contributed by atoms with Crippen LogP contribution in [-0.4, -0.2) is 38.5 Å². The van der Waals surface area contributed by atoms with Crippen molar-refractivity contribution >= 4 is 26.8 Å². The van der Waals surface area contributed by atoms with Crippen molar-refractivity contribution in [2.24, 2.45) is 0 Å². The van der Waals surface area contributed by atoms with E-state index in [2.05, 4.69) is 35.2 Å². The quantitative estimate of drug-likeness (QED) is 0.469. The van der Waals surface area contributed by atoms with Gasteiger partial charge in [-0.05, 0) is 68.9 Å². The monoisotopic (exact) mass is 446 g/mol. The van der Waals surface area contributed by atoms with Gasteiger partial charge in [-0.25, -0.2) is 18.1 Å². The van der Waals surface area contributed by atoms with Crippen LogP contribution in [0.25, 0.3) is 16.8 Å². The van der Waals surface area contributed by atoms with Gasteiger partial charge in [0.05, 0.1) is 16.6 Å². The molecule has 1 aromatic carbocycles. The zero-order valence-corrected chi connectivity index (χ0v) is 18.2. The molecule has 7 rings (SSSR count). The van der Waals surface area contributed by atoms with E-state index in [9.17, 15) is 8.42 Å². The van der Waals surface area contributed by atoms with E-state index in [1.165, 1.54) is 0 Å². The van der Waals surface area contributed by atoms with Gasteiger partial charge in [0.25, 0.3) is 0 Å². The Hall–Kier alpha value is -3.22. The minimum atomic E-state index is -3.62. The van der Waals surface area contributed by atoms with Gasteiger partial charge in [-0.15, -0.1) is 16.6 Å². The Labute approximate surface area is 185 Å². The summed E-state index contributed by atoms with van der Waals surface area (Å²) in [5.41, 5.74) is 2.65. The fraction of sp³-hybridized carbons (Fsp3) is 0.348. The summed E-state index contributed by atoms with van der Waals surface area (Å²) in [6.07, 6.45) is 13.9. The highest BCUT2D eigenvalue weighted by Crippen LogP contribution is 2.53. The SMILES string of the molecule is C#Cc1ccc(S(=O)(=O)NC23CCC(c4nnc5cnc6[nH]ccc6n45)(CC2)CC3)cc1. The number of nitrogens with zero attached hydrogens (tertiary/aromatic N) is 4. The van der Waals surface area contributed by atoms with Gasteiger partial charge in [-0.1, -0.05) is 5.92 Å². The van der Waals surface area contributed by atoms with Crippen molar-refractivity contribution in [2.45, 2.75) is 54.4 Å². The lowest BCUT2D eigenvalue weighted by atomic mass is 9.57. The van der Waals surface area contributed by atoms with Crippen LogP contribution in [0.3, 0.4) is 0 Å². The lowest BCUT2D eigenvalue weighted by molar-refractivity contribution is 0.0882. The number of H-pyrrole nitrogens is 1. The van der Waals surface area contributed by atoms with Crippen molar-refractivity contribution in [1.82, 2.24) is 29.3 Å². The van der Waals surface area contributed by atoms with Crippen molar-refractivity contribution in [2.75, 3.05) is 0 Å². The molecule has 4 aromatic rings. The second-order valence-corrected chi connectivity index (χ2v) is 10.7. The predicted molar refractivity (Wildman–Crippen MR) is 119 cm³/mol. The average molecular weight is 447 g/mol. The molecule has 162 valence electrons. The van der Waals surface area contributed by atoms with Gasteiger partial charge in [0.2, 0.25) is 10.0 Å². The van der Waals surface area contributed by atoms with E-state index in [4.69, 9.17) is 6.42 Å². The molecule has 3 saturated carbocycles. The van der Waals surface area contributed by atoms with E-state index in [1.54, 1.807) is 30.5 Å². The summed E-state index contributed by atoms with van der Waals surface area (Å²) in [7, 11) is -3.62. The maximum Gasteiger partial charge on any atom is 0.241 e. The van der Waals surface area contributed by atoms with Crippen molar-refractivity contribution in [3.63, 3.8) is 0 Å². The van der Waals surface area contributed by atoms with E-state index < -0.39 is 15.6 Å². The van der Waals surface area contributed by atoms with Gasteiger partial charge in [0.15, 0.2) is 11.3 Å². The van der Waals surface area contributed by atoms with Crippen LogP contribution >= 0.6 is 0 Å². The Morgan fingerprint density at radius 3 is 2.44 bits per heavy atom. The first-order chi connectivity index (χ1) is 15.4. The molecular formula is C23H22N6O2S. The van der Waals surface area contributed by atoms with E-state index in [1.807, 2.05) is 12.3 Å². The standard InChI is InChI=1S/C23H22N6O2S/c1-2-16-3-5-17(6-4-16)32(30,31)28-23-11-8-22(9-12-23,10-13-23)21-27-26-19-15-25-20-18(29(19)21)7-14-24-20/h1,3-7,14-15,24,28H,8-13H2. The molecule has 0 aliphatic heterocycles. The molecule has 9 heteroatoms. The number of aromatic nitrogens is 5. The third-order valence-corrected chi connectivity index (χ3v) is 8.94. The van der Waals surface area contributed by atoms with E-state index in [0.717, 1.165) is 61.2 Å². The summed E-state index contributed by atoms with van der Waals surface area (Å²) in [6.45, 7) is 0. The van der Waals surface area contributed by atoms with Crippen LogP contribution in [0.2, 0.25) is 0 Å². The molecule has 0 atom stereocenters. The molecule has 2 bridgehead atoms. The van der Waals surface area contributed by atoms with Crippen molar-refractivity contribution in [3.8, 4) is 12.3 Å². The van der Waals surface area contributed by atoms with Crippen LogP contribution in [0.5, 0.6) is 0 Å². The fourth-order valence-corrected chi connectivity index (χ4v) is 6.96. The van der Waals surface area contributed by atoms with Gasteiger partial charge in [-0.2, -0.15) is 0 Å². The molecular weight excluding hydrogens is 424 g/mol. The van der Waals surface area contributed by atoms with Gasteiger partial charge in [0, 0.05) is 22.7 Å². The summed E-state index contributed by atoms with van der Waals surface area (Å²) in [6, 6.07) is 8.46. The number of terminal acetylenes is 1. The van der Waals surface area contributed by atoms with Gasteiger partial charge in [-0.3, -0.25) is 4.40 Å². The van der Waals surface area contributed by atoms with E-state index in [0.29, 0.717) is 5.56 Å². The third kappa shape index (κ3) is 2.80. The average Bonchev–Trinajstić information content (AvgIpc) is 3.47. The molecule has 3 heterocycles. The molecule has 3 aliphatic rings. The lowest BCUT2D eigenvalue weighted by Crippen LogP contribution is -2.58. The van der Waals surface area contributed by atoms with Crippen molar-refractivity contribution in [1.29, 1.82) is 0 Å². The van der Waals surface area contributed by atoms with Gasteiger partial charge in [0.1, 0.15) is 5.82 Å². The Morgan fingerprint density at radius 1 is 1.03 bits per heavy atom. The summed E-state index contributed by atoms with van der Waals surface area (Å²) in [5.74, 6) is 3.48. The van der Waals surface area contributed by atoms with Crippen LogP contribution in [0, 0.1) is 12.3 Å². The Bertz CT molecular complexity index is 1470. The zero-order valence-electron chi connectivity index (χ0n) is 17.4. The van der Waals surface area contributed by atoms with Crippen LogP contribution in [0.4, 0.5) is 0 Å². The van der Waals surface area contributed by atoms with Crippen LogP contribution in [0.1, 0.15) is 49.9 Å². The Morgan fingerprint density at radius 2 is 1.75 bits per heavy atom. The van der Waals surface area contributed by atoms with E-state index in [-0.39, 0.29) is 10.3 Å². The van der Waals surface area contributed by atoms with Crippen LogP contribution in [0.15, 0.2) is 47.6 Å². The number of nitrogens with one attached hydrogen (secondary N) is 2. The molecule has 3 aliphatic carbocycles. The number of sulfonamides is 1. The number of aromatic amines is 1. The second-order valence-electron chi connectivity index (χ2n) is 9.02. The Balaban J connectivity index is 1.29. The molecule has 3 aromatic heterocycles. The Kier molecular flexibility index (Phi) is 4.04. The first-order valence-corrected chi connectivity index (χ1v) is 12.2. The molecule has 8 nitrogen and oxygen atoms in total. The largest absolute Gasteiger partial charge is 0.345 e. The topological polar surface area (TPSA) is 105 Å². The normalized spacial score (nSPS) is 25.3. The predicted octanol–water partition coefficient (Wildman–Crippen LogP) is 2.91. The summed E-state index contributed by atoms with van der Waals surface area (Å²) in [4.78, 5) is 7.81. The van der Waals surface area contributed by atoms with E-state index >= 15 is 0 Å². The number of hydrogen-bond acceptors (Lipinski definition) is 5. The molecule has 3 fully saturated rings. The lowest BCUT2D eigenvalue weighted by Gasteiger charge is -2.52. The minimum Gasteiger partial charge on any atom is -0.345 e. The molecule has 32 heavy (non-hydrogen) atoms. The third-order valence-electron chi connectivity index (χ3n) is 7.34. The zero-order chi connectivity index (χ0) is 22.0. The number of rotatable bonds is 4. The number of benzene rings is 1. The highest BCUT2D eigenvalue weighted by Gasteiger charge is 2.53. The molecule has 0 amide bonds. The highest BCUT2D eigenvalue weighted by atomic mass is 32.2. The fourth-order valence-electron chi connectivity index (χ4n) is 5.47. The van der Waals surface area contributed by atoms with Crippen molar-refractivity contribution < 1.29 is 8.42 Å². The minimum absolute atomic E-state index is 0.105. The summed E-state index contributed by atoms with van der Waals surface area (Å²) < 4.78 is 31.3. The van der Waals surface area contributed by atoms with Gasteiger partial charge < -0.3 is 4.98 Å². The number of hydrogen-bond donors (Lipinski definition) is 2. The first-order valence-electron chi connectivity index (χ1n) is 10.7. The maximum absolute atomic E-state index is 13.1. The van der Waals surface area contributed by atoms with Crippen LogP contribution < -0.4 is 4.72 Å². The summed E-state index contributed by atoms with van der Waals surface area (Å²) in [5, 5.41) is 8.96. The molecule has 2 N–H and O–H groups in total. The highest BCUT2D eigenvalue weighted by molar-refractivity contribution is 7.89. The second kappa shape index (κ2) is 6.64. The summed E-state index contributed by atoms with van der Waals surface area (Å²) >= 11 is 0. The molecule has 0 spiro atoms. The van der Waals surface area contributed by atoms with Crippen molar-refractivity contribution in [3.05, 3.63) is 54.1 Å².